The fourth-order valence-corrected chi connectivity index (χ4v) is 6.31. The monoisotopic (exact) mass is 678 g/mol. The third-order valence-electron chi connectivity index (χ3n) is 6.95. The molecule has 2 aliphatic rings. The zero-order valence-electron chi connectivity index (χ0n) is 23.3. The smallest absolute Gasteiger partial charge is 0.302 e. The Hall–Kier alpha value is -4.61. The summed E-state index contributed by atoms with van der Waals surface area (Å²) in [4.78, 5) is 13.1. The van der Waals surface area contributed by atoms with E-state index in [1.807, 2.05) is 0 Å². The van der Waals surface area contributed by atoms with Crippen molar-refractivity contribution in [1.82, 2.24) is 4.57 Å². The Kier molecular flexibility index (Phi) is 8.76. The second-order valence-corrected chi connectivity index (χ2v) is 12.3. The molecule has 2 aliphatic carbocycles. The van der Waals surface area contributed by atoms with Gasteiger partial charge in [-0.3, -0.25) is 9.00 Å². The molecule has 0 N–H and O–H groups in total. The lowest BCUT2D eigenvalue weighted by Crippen LogP contribution is -2.28. The summed E-state index contributed by atoms with van der Waals surface area (Å²) in [7, 11) is -1.75. The zero-order chi connectivity index (χ0) is 33.6. The van der Waals surface area contributed by atoms with Gasteiger partial charge in [0.2, 0.25) is 0 Å². The van der Waals surface area contributed by atoms with Gasteiger partial charge in [0.05, 0.1) is 39.0 Å². The van der Waals surface area contributed by atoms with Crippen molar-refractivity contribution < 1.29 is 39.3 Å². The Bertz CT molecular complexity index is 2090. The number of alkyl halides is 6. The number of nitriles is 1. The Labute approximate surface area is 262 Å². The molecule has 0 bridgehead atoms. The molecule has 1 atom stereocenters. The lowest BCUT2D eigenvalue weighted by atomic mass is 10.0. The maximum absolute atomic E-state index is 14.4. The summed E-state index contributed by atoms with van der Waals surface area (Å²) in [6.07, 6.45) is -8.63. The molecule has 0 radical (unpaired) electrons. The number of benzene rings is 3. The standard InChI is InChI=1S/C26H14F8N2O2S2.C6H4/c1-40(38)23-5-3-15(25(29,30)31)7-17(23)14-6-22(39-12-14)21-9-19(26(32,33)34)18(10-35)24(37)36(21)11-13-2-4-16(27)8-20(13)28;1-2-5-4-6(5)3-1/h2-9,12H,11H2,1H3;1-4H. The van der Waals surface area contributed by atoms with E-state index in [0.717, 1.165) is 41.7 Å². The van der Waals surface area contributed by atoms with E-state index in [4.69, 9.17) is 0 Å². The van der Waals surface area contributed by atoms with E-state index >= 15 is 0 Å². The molecule has 46 heavy (non-hydrogen) atoms. The molecule has 2 heterocycles. The molecule has 2 aromatic heterocycles. The maximum atomic E-state index is 14.4. The highest BCUT2D eigenvalue weighted by Gasteiger charge is 2.37. The number of fused-ring (bicyclic) bond motifs is 1. The number of aromatic nitrogens is 1. The van der Waals surface area contributed by atoms with Crippen molar-refractivity contribution in [3.05, 3.63) is 122 Å². The van der Waals surface area contributed by atoms with E-state index in [0.29, 0.717) is 16.7 Å². The summed E-state index contributed by atoms with van der Waals surface area (Å²) in [5.41, 5.74) is -3.12. The van der Waals surface area contributed by atoms with Crippen LogP contribution in [0.2, 0.25) is 0 Å². The molecule has 0 aliphatic heterocycles. The molecule has 0 spiro atoms. The molecular formula is C32H18F8N2O2S2. The van der Waals surface area contributed by atoms with Gasteiger partial charge in [-0.25, -0.2) is 8.78 Å². The van der Waals surface area contributed by atoms with Crippen LogP contribution in [-0.2, 0) is 29.7 Å². The lowest BCUT2D eigenvalue weighted by molar-refractivity contribution is -0.138. The molecule has 236 valence electrons. The summed E-state index contributed by atoms with van der Waals surface area (Å²) < 4.78 is 122. The first kappa shape index (κ1) is 32.8. The second-order valence-electron chi connectivity index (χ2n) is 10.00. The topological polar surface area (TPSA) is 62.9 Å². The van der Waals surface area contributed by atoms with Crippen LogP contribution in [0, 0.1) is 23.0 Å². The third-order valence-corrected chi connectivity index (χ3v) is 8.88. The van der Waals surface area contributed by atoms with Crippen molar-refractivity contribution in [2.45, 2.75) is 23.8 Å². The van der Waals surface area contributed by atoms with E-state index in [-0.39, 0.29) is 26.5 Å². The summed E-state index contributed by atoms with van der Waals surface area (Å²) in [5, 5.41) is 10.6. The fraction of sp³-hybridized carbons (Fsp3) is 0.125. The Morgan fingerprint density at radius 1 is 0.870 bits per heavy atom. The van der Waals surface area contributed by atoms with Gasteiger partial charge in [0.25, 0.3) is 5.56 Å². The highest BCUT2D eigenvalue weighted by molar-refractivity contribution is 7.84. The molecule has 1 unspecified atom stereocenters. The molecule has 0 amide bonds. The van der Waals surface area contributed by atoms with Crippen LogP contribution >= 0.6 is 11.3 Å². The van der Waals surface area contributed by atoms with E-state index in [1.54, 1.807) is 0 Å². The van der Waals surface area contributed by atoms with Crippen LogP contribution in [0.5, 0.6) is 0 Å². The maximum Gasteiger partial charge on any atom is 0.417 e. The van der Waals surface area contributed by atoms with Crippen molar-refractivity contribution in [3.63, 3.8) is 0 Å². The van der Waals surface area contributed by atoms with Crippen molar-refractivity contribution in [1.29, 1.82) is 5.26 Å². The molecule has 0 fully saturated rings. The average Bonchev–Trinajstić information content (AvgIpc) is 3.33. The molecule has 14 heteroatoms. The van der Waals surface area contributed by atoms with Crippen LogP contribution in [0.1, 0.15) is 22.3 Å². The van der Waals surface area contributed by atoms with Gasteiger partial charge in [-0.1, -0.05) is 24.3 Å². The van der Waals surface area contributed by atoms with Crippen molar-refractivity contribution in [2.24, 2.45) is 0 Å². The Morgan fingerprint density at radius 3 is 2.09 bits per heavy atom. The average molecular weight is 679 g/mol. The van der Waals surface area contributed by atoms with Crippen molar-refractivity contribution in [2.75, 3.05) is 6.26 Å². The van der Waals surface area contributed by atoms with Gasteiger partial charge in [0.1, 0.15) is 23.3 Å². The van der Waals surface area contributed by atoms with Gasteiger partial charge < -0.3 is 4.57 Å². The predicted molar refractivity (Wildman–Crippen MR) is 157 cm³/mol. The quantitative estimate of drug-likeness (QED) is 0.171. The van der Waals surface area contributed by atoms with Gasteiger partial charge in [0, 0.05) is 22.8 Å². The van der Waals surface area contributed by atoms with Crippen LogP contribution in [0.4, 0.5) is 35.1 Å². The zero-order valence-corrected chi connectivity index (χ0v) is 24.9. The normalized spacial score (nSPS) is 12.6. The van der Waals surface area contributed by atoms with Gasteiger partial charge in [0.15, 0.2) is 0 Å². The van der Waals surface area contributed by atoms with E-state index < -0.39 is 69.3 Å². The number of pyridine rings is 1. The molecule has 4 nitrogen and oxygen atoms in total. The lowest BCUT2D eigenvalue weighted by Gasteiger charge is -2.17. The highest BCUT2D eigenvalue weighted by Crippen LogP contribution is 2.40. The van der Waals surface area contributed by atoms with E-state index in [2.05, 4.69) is 24.3 Å². The van der Waals surface area contributed by atoms with Crippen molar-refractivity contribution >= 4 is 22.1 Å². The summed E-state index contributed by atoms with van der Waals surface area (Å²) in [6.45, 7) is -0.686. The molecular weight excluding hydrogens is 660 g/mol. The molecule has 2 aromatic carbocycles. The predicted octanol–water partition coefficient (Wildman–Crippen LogP) is 8.88. The number of nitrogens with zero attached hydrogens (tertiary/aromatic N) is 2. The van der Waals surface area contributed by atoms with E-state index in [9.17, 15) is 49.4 Å². The first-order valence-corrected chi connectivity index (χ1v) is 15.5. The highest BCUT2D eigenvalue weighted by atomic mass is 32.2. The molecule has 4 aromatic rings. The number of rotatable bonds is 5. The second kappa shape index (κ2) is 12.3. The fourth-order valence-electron chi connectivity index (χ4n) is 4.63. The largest absolute Gasteiger partial charge is 0.417 e. The SMILES string of the molecule is CS(=O)c1ccc(C(F)(F)F)cc1-c1csc(-c2cc(C(F)(F)F)c(C#N)c(=O)n2Cc2ccc(F)cc2F)c1.c1cc2cc-2c1. The number of thiophene rings is 1. The van der Waals surface area contributed by atoms with Crippen LogP contribution < -0.4 is 5.56 Å². The number of hydrogen-bond donors (Lipinski definition) is 0. The van der Waals surface area contributed by atoms with Crippen molar-refractivity contribution in [3.8, 4) is 38.9 Å². The first-order valence-electron chi connectivity index (χ1n) is 13.0. The van der Waals surface area contributed by atoms with Gasteiger partial charge in [-0.05, 0) is 70.1 Å². The summed E-state index contributed by atoms with van der Waals surface area (Å²) in [6, 6.07) is 16.3. The third kappa shape index (κ3) is 6.80. The van der Waals surface area contributed by atoms with Crippen LogP contribution in [-0.4, -0.2) is 15.0 Å². The van der Waals surface area contributed by atoms with Gasteiger partial charge >= 0.3 is 12.4 Å². The minimum atomic E-state index is -5.13. The van der Waals surface area contributed by atoms with Crippen LogP contribution in [0.25, 0.3) is 32.8 Å². The van der Waals surface area contributed by atoms with Gasteiger partial charge in [-0.2, -0.15) is 31.6 Å². The number of halogens is 8. The number of hydrogen-bond acceptors (Lipinski definition) is 4. The Balaban J connectivity index is 0.000000612. The first-order chi connectivity index (χ1) is 21.6. The Morgan fingerprint density at radius 2 is 1.57 bits per heavy atom. The molecule has 0 saturated carbocycles. The summed E-state index contributed by atoms with van der Waals surface area (Å²) >= 11 is 0.760. The van der Waals surface area contributed by atoms with E-state index in [1.165, 1.54) is 34.9 Å². The van der Waals surface area contributed by atoms with Crippen LogP contribution in [0.3, 0.4) is 0 Å². The van der Waals surface area contributed by atoms with Gasteiger partial charge in [-0.15, -0.1) is 11.3 Å². The van der Waals surface area contributed by atoms with Crippen LogP contribution in [0.15, 0.2) is 87.9 Å². The summed E-state index contributed by atoms with van der Waals surface area (Å²) in [5.74, 6) is -2.03. The molecule has 6 rings (SSSR count). The minimum Gasteiger partial charge on any atom is -0.302 e. The minimum absolute atomic E-state index is 0.0268. The molecule has 0 saturated heterocycles.